The lowest BCUT2D eigenvalue weighted by molar-refractivity contribution is -0.156. The fraction of sp³-hybridized carbons (Fsp3) is 0.545. The topological polar surface area (TPSA) is 43.4 Å². The smallest absolute Gasteiger partial charge is 0.320 e. The zero-order valence-corrected chi connectivity index (χ0v) is 16.7. The van der Waals surface area contributed by atoms with Crippen LogP contribution in [0.5, 0.6) is 0 Å². The van der Waals surface area contributed by atoms with Crippen molar-refractivity contribution in [2.75, 3.05) is 0 Å². The number of allylic oxidation sites excluding steroid dienone is 6. The average Bonchev–Trinajstić information content (AvgIpc) is 2.72. The lowest BCUT2D eigenvalue weighted by atomic mass is 9.54. The summed E-state index contributed by atoms with van der Waals surface area (Å²) in [6.07, 6.45) is 9.24. The number of cyclic esters (lactones) is 2. The second-order valence-electron chi connectivity index (χ2n) is 8.68. The zero-order chi connectivity index (χ0) is 19.6. The largest absolute Gasteiger partial charge is 0.392 e. The standard InChI is InChI=1S/C22H32O3/c1-10-12-13-14-16(11-2)21(7,8)15(3)22(9)17(20(4,5)6)18(23)25-19(22)24/h10-15,17H,1-2H2,3-9H3/b13-12-,16-14+. The first-order valence-electron chi connectivity index (χ1n) is 8.73. The zero-order valence-electron chi connectivity index (χ0n) is 16.7. The Morgan fingerprint density at radius 3 is 2.16 bits per heavy atom. The van der Waals surface area contributed by atoms with E-state index < -0.39 is 23.3 Å². The van der Waals surface area contributed by atoms with Gasteiger partial charge < -0.3 is 4.74 Å². The van der Waals surface area contributed by atoms with Gasteiger partial charge in [-0.2, -0.15) is 0 Å². The molecule has 0 radical (unpaired) electrons. The molecule has 1 rings (SSSR count). The summed E-state index contributed by atoms with van der Waals surface area (Å²) in [7, 11) is 0. The second kappa shape index (κ2) is 7.15. The van der Waals surface area contributed by atoms with Crippen LogP contribution in [-0.4, -0.2) is 11.9 Å². The molecule has 0 N–H and O–H groups in total. The minimum absolute atomic E-state index is 0.135. The molecular formula is C22H32O3. The molecule has 3 heteroatoms. The summed E-state index contributed by atoms with van der Waals surface area (Å²) in [5.41, 5.74) is -0.652. The number of carbonyl (C=O) groups is 2. The fourth-order valence-corrected chi connectivity index (χ4v) is 4.09. The Bertz CT molecular complexity index is 628. The molecule has 1 aliphatic rings. The first-order valence-corrected chi connectivity index (χ1v) is 8.73. The van der Waals surface area contributed by atoms with E-state index in [1.54, 1.807) is 6.08 Å². The molecule has 0 amide bonds. The Morgan fingerprint density at radius 2 is 1.72 bits per heavy atom. The van der Waals surface area contributed by atoms with Gasteiger partial charge in [-0.1, -0.05) is 85.1 Å². The molecule has 0 aromatic carbocycles. The minimum atomic E-state index is -0.900. The molecule has 138 valence electrons. The van der Waals surface area contributed by atoms with Crippen LogP contribution in [0.1, 0.15) is 48.5 Å². The van der Waals surface area contributed by atoms with Crippen LogP contribution in [0.25, 0.3) is 0 Å². The van der Waals surface area contributed by atoms with Crippen LogP contribution in [0.4, 0.5) is 0 Å². The number of ether oxygens (including phenoxy) is 1. The number of esters is 2. The molecular weight excluding hydrogens is 312 g/mol. The van der Waals surface area contributed by atoms with Crippen LogP contribution in [-0.2, 0) is 14.3 Å². The highest BCUT2D eigenvalue weighted by Crippen LogP contribution is 2.56. The van der Waals surface area contributed by atoms with Gasteiger partial charge >= 0.3 is 11.9 Å². The van der Waals surface area contributed by atoms with E-state index in [0.29, 0.717) is 0 Å². The molecule has 1 aliphatic heterocycles. The summed E-state index contributed by atoms with van der Waals surface area (Å²) in [5.74, 6) is -1.47. The van der Waals surface area contributed by atoms with Gasteiger partial charge in [-0.15, -0.1) is 0 Å². The van der Waals surface area contributed by atoms with E-state index in [9.17, 15) is 9.59 Å². The van der Waals surface area contributed by atoms with Crippen molar-refractivity contribution in [2.24, 2.45) is 28.1 Å². The van der Waals surface area contributed by atoms with Crippen LogP contribution >= 0.6 is 0 Å². The lowest BCUT2D eigenvalue weighted by Gasteiger charge is -2.46. The van der Waals surface area contributed by atoms with Crippen LogP contribution in [0, 0.1) is 28.1 Å². The third-order valence-corrected chi connectivity index (χ3v) is 5.80. The van der Waals surface area contributed by atoms with Crippen molar-refractivity contribution in [1.29, 1.82) is 0 Å². The molecule has 0 saturated carbocycles. The third kappa shape index (κ3) is 3.70. The van der Waals surface area contributed by atoms with Crippen LogP contribution in [0.2, 0.25) is 0 Å². The van der Waals surface area contributed by atoms with Gasteiger partial charge in [0.1, 0.15) is 0 Å². The Balaban J connectivity index is 3.44. The predicted octanol–water partition coefficient (Wildman–Crippen LogP) is 5.26. The van der Waals surface area contributed by atoms with E-state index in [0.717, 1.165) is 5.57 Å². The first kappa shape index (κ1) is 21.1. The predicted molar refractivity (Wildman–Crippen MR) is 103 cm³/mol. The fourth-order valence-electron chi connectivity index (χ4n) is 4.09. The number of rotatable bonds is 6. The maximum absolute atomic E-state index is 12.7. The highest BCUT2D eigenvalue weighted by molar-refractivity contribution is 5.99. The Hall–Kier alpha value is -1.90. The van der Waals surface area contributed by atoms with Crippen LogP contribution in [0.3, 0.4) is 0 Å². The molecule has 0 aromatic rings. The van der Waals surface area contributed by atoms with Crippen molar-refractivity contribution >= 4 is 11.9 Å². The van der Waals surface area contributed by atoms with Gasteiger partial charge in [0.15, 0.2) is 0 Å². The summed E-state index contributed by atoms with van der Waals surface area (Å²) in [4.78, 5) is 25.1. The summed E-state index contributed by atoms with van der Waals surface area (Å²) < 4.78 is 5.09. The van der Waals surface area contributed by atoms with Gasteiger partial charge in [0.05, 0.1) is 11.3 Å². The molecule has 3 unspecified atom stereocenters. The molecule has 0 bridgehead atoms. The number of hydrogen-bond acceptors (Lipinski definition) is 3. The lowest BCUT2D eigenvalue weighted by Crippen LogP contribution is -2.48. The van der Waals surface area contributed by atoms with Gasteiger partial charge in [-0.25, -0.2) is 0 Å². The normalized spacial score (nSPS) is 26.7. The van der Waals surface area contributed by atoms with Gasteiger partial charge in [0.25, 0.3) is 0 Å². The van der Waals surface area contributed by atoms with Gasteiger partial charge in [0.2, 0.25) is 0 Å². The highest BCUT2D eigenvalue weighted by atomic mass is 16.6. The Kier molecular flexibility index (Phi) is 6.05. The Morgan fingerprint density at radius 1 is 1.16 bits per heavy atom. The van der Waals surface area contributed by atoms with Crippen LogP contribution < -0.4 is 0 Å². The minimum Gasteiger partial charge on any atom is -0.392 e. The van der Waals surface area contributed by atoms with E-state index in [1.165, 1.54) is 0 Å². The molecule has 0 spiro atoms. The highest BCUT2D eigenvalue weighted by Gasteiger charge is 2.63. The molecule has 0 aromatic heterocycles. The molecule has 3 nitrogen and oxygen atoms in total. The van der Waals surface area contributed by atoms with Crippen molar-refractivity contribution in [2.45, 2.75) is 48.5 Å². The number of carbonyl (C=O) groups excluding carboxylic acids is 2. The molecule has 1 heterocycles. The van der Waals surface area contributed by atoms with Crippen molar-refractivity contribution in [3.8, 4) is 0 Å². The third-order valence-electron chi connectivity index (χ3n) is 5.80. The van der Waals surface area contributed by atoms with Gasteiger partial charge in [-0.3, -0.25) is 9.59 Å². The van der Waals surface area contributed by atoms with Crippen molar-refractivity contribution in [3.63, 3.8) is 0 Å². The maximum atomic E-state index is 12.7. The summed E-state index contributed by atoms with van der Waals surface area (Å²) in [6.45, 7) is 21.6. The average molecular weight is 344 g/mol. The van der Waals surface area contributed by atoms with Crippen molar-refractivity contribution in [1.82, 2.24) is 0 Å². The van der Waals surface area contributed by atoms with Gasteiger partial charge in [-0.05, 0) is 29.2 Å². The van der Waals surface area contributed by atoms with E-state index >= 15 is 0 Å². The maximum Gasteiger partial charge on any atom is 0.320 e. The molecule has 1 fully saturated rings. The molecule has 3 atom stereocenters. The SMILES string of the molecule is C=C/C=C\C=C(/C=C)C(C)(C)C(C)C1(C)C(=O)OC(=O)C1C(C)(C)C. The summed E-state index contributed by atoms with van der Waals surface area (Å²) in [6, 6.07) is 0. The first-order chi connectivity index (χ1) is 11.3. The van der Waals surface area contributed by atoms with E-state index in [1.807, 2.05) is 58.9 Å². The molecule has 25 heavy (non-hydrogen) atoms. The van der Waals surface area contributed by atoms with E-state index in [2.05, 4.69) is 27.0 Å². The number of hydrogen-bond donors (Lipinski definition) is 0. The monoisotopic (exact) mass is 344 g/mol. The van der Waals surface area contributed by atoms with E-state index in [-0.39, 0.29) is 16.7 Å². The molecule has 0 aliphatic carbocycles. The van der Waals surface area contributed by atoms with Crippen molar-refractivity contribution < 1.29 is 14.3 Å². The van der Waals surface area contributed by atoms with Crippen molar-refractivity contribution in [3.05, 3.63) is 49.1 Å². The quantitative estimate of drug-likeness (QED) is 0.375. The second-order valence-corrected chi connectivity index (χ2v) is 8.68. The summed E-state index contributed by atoms with van der Waals surface area (Å²) in [5, 5.41) is 0. The van der Waals surface area contributed by atoms with Gasteiger partial charge in [0, 0.05) is 0 Å². The van der Waals surface area contributed by atoms with E-state index in [4.69, 9.17) is 4.74 Å². The van der Waals surface area contributed by atoms with Crippen LogP contribution in [0.15, 0.2) is 49.1 Å². The Labute approximate surface area is 152 Å². The molecule has 1 saturated heterocycles. The summed E-state index contributed by atoms with van der Waals surface area (Å²) >= 11 is 0.